The van der Waals surface area contributed by atoms with Crippen LogP contribution in [-0.4, -0.2) is 41.3 Å². The van der Waals surface area contributed by atoms with Crippen LogP contribution in [0.1, 0.15) is 18.5 Å². The number of benzene rings is 1. The molecule has 0 saturated heterocycles. The number of imidazole rings is 1. The summed E-state index contributed by atoms with van der Waals surface area (Å²) in [6.07, 6.45) is 2.61. The van der Waals surface area contributed by atoms with Crippen molar-refractivity contribution in [1.29, 1.82) is 0 Å². The number of halogens is 1. The number of pyridine rings is 1. The Kier molecular flexibility index (Phi) is 4.62. The zero-order chi connectivity index (χ0) is 19.8. The highest BCUT2D eigenvalue weighted by Gasteiger charge is 2.21. The van der Waals surface area contributed by atoms with E-state index in [1.165, 1.54) is 12.8 Å². The van der Waals surface area contributed by atoms with Crippen molar-refractivity contribution in [3.63, 3.8) is 0 Å². The summed E-state index contributed by atoms with van der Waals surface area (Å²) in [5, 5.41) is 15.2. The van der Waals surface area contributed by atoms with E-state index in [2.05, 4.69) is 46.7 Å². The lowest BCUT2D eigenvalue weighted by atomic mass is 10.3. The molecule has 0 radical (unpaired) electrons. The molecule has 10 heteroatoms. The summed E-state index contributed by atoms with van der Waals surface area (Å²) in [5.74, 6) is 2.18. The number of tetrazole rings is 1. The monoisotopic (exact) mass is 454 g/mol. The molecule has 29 heavy (non-hydrogen) atoms. The van der Waals surface area contributed by atoms with Gasteiger partial charge in [-0.05, 0) is 69.4 Å². The zero-order valence-electron chi connectivity index (χ0n) is 15.8. The largest absolute Gasteiger partial charge is 0.458 e. The molecule has 0 atom stereocenters. The Labute approximate surface area is 175 Å². The predicted octanol–water partition coefficient (Wildman–Crippen LogP) is 3.11. The molecule has 4 aromatic rings. The topological polar surface area (TPSA) is 95.6 Å². The van der Waals surface area contributed by atoms with Crippen molar-refractivity contribution in [2.45, 2.75) is 19.4 Å². The van der Waals surface area contributed by atoms with Gasteiger partial charge in [0, 0.05) is 18.1 Å². The van der Waals surface area contributed by atoms with Crippen LogP contribution in [-0.2, 0) is 13.7 Å². The molecular weight excluding hydrogens is 436 g/mol. The third-order valence-electron chi connectivity index (χ3n) is 4.83. The lowest BCUT2D eigenvalue weighted by molar-refractivity contribution is 0.272. The molecule has 0 spiro atoms. The molecule has 3 heterocycles. The summed E-state index contributed by atoms with van der Waals surface area (Å²) in [5.41, 5.74) is 2.44. The van der Waals surface area contributed by atoms with Crippen molar-refractivity contribution in [1.82, 2.24) is 34.7 Å². The van der Waals surface area contributed by atoms with Crippen LogP contribution in [0.15, 0.2) is 40.9 Å². The Bertz CT molecular complexity index is 1170. The lowest BCUT2D eigenvalue weighted by Gasteiger charge is -2.09. The normalized spacial score (nSPS) is 13.7. The maximum absolute atomic E-state index is 6.07. The minimum absolute atomic E-state index is 0.283. The molecule has 1 aromatic carbocycles. The maximum atomic E-state index is 6.07. The molecule has 0 bridgehead atoms. The van der Waals surface area contributed by atoms with Gasteiger partial charge in [-0.15, -0.1) is 0 Å². The molecule has 0 amide bonds. The number of hydrogen-bond acceptors (Lipinski definition) is 7. The van der Waals surface area contributed by atoms with Crippen molar-refractivity contribution in [2.24, 2.45) is 13.0 Å². The van der Waals surface area contributed by atoms with Crippen LogP contribution in [0.5, 0.6) is 6.01 Å². The van der Waals surface area contributed by atoms with Crippen LogP contribution in [0.4, 0.5) is 5.82 Å². The average molecular weight is 455 g/mol. The Balaban J connectivity index is 1.44. The Hall–Kier alpha value is -3.01. The fourth-order valence-corrected chi connectivity index (χ4v) is 3.56. The molecule has 148 valence electrons. The van der Waals surface area contributed by atoms with E-state index >= 15 is 0 Å². The number of aromatic nitrogens is 7. The van der Waals surface area contributed by atoms with Crippen LogP contribution in [0.25, 0.3) is 17.0 Å². The fraction of sp³-hybridized carbons (Fsp3) is 0.316. The first kappa shape index (κ1) is 18.0. The van der Waals surface area contributed by atoms with Crippen molar-refractivity contribution in [3.8, 4) is 12.0 Å². The molecule has 1 fully saturated rings. The fourth-order valence-electron chi connectivity index (χ4n) is 3.12. The first-order chi connectivity index (χ1) is 14.2. The molecule has 9 nitrogen and oxygen atoms in total. The second-order valence-electron chi connectivity index (χ2n) is 7.07. The van der Waals surface area contributed by atoms with Gasteiger partial charge in [-0.25, -0.2) is 14.2 Å². The van der Waals surface area contributed by atoms with Gasteiger partial charge in [0.05, 0.1) is 11.2 Å². The maximum Gasteiger partial charge on any atom is 0.305 e. The first-order valence-corrected chi connectivity index (χ1v) is 10.2. The zero-order valence-corrected chi connectivity index (χ0v) is 17.4. The number of aryl methyl sites for hydroxylation is 1. The van der Waals surface area contributed by atoms with Crippen LogP contribution >= 0.6 is 15.9 Å². The Morgan fingerprint density at radius 1 is 1.17 bits per heavy atom. The quantitative estimate of drug-likeness (QED) is 0.458. The molecule has 0 aliphatic heterocycles. The molecule has 1 saturated carbocycles. The highest BCUT2D eigenvalue weighted by molar-refractivity contribution is 9.10. The van der Waals surface area contributed by atoms with Gasteiger partial charge in [-0.1, -0.05) is 17.2 Å². The van der Waals surface area contributed by atoms with Crippen LogP contribution < -0.4 is 10.1 Å². The van der Waals surface area contributed by atoms with Crippen molar-refractivity contribution < 1.29 is 4.74 Å². The third-order valence-corrected chi connectivity index (χ3v) is 5.47. The number of hydrogen-bond donors (Lipinski definition) is 1. The summed E-state index contributed by atoms with van der Waals surface area (Å²) in [7, 11) is 1.78. The molecule has 0 unspecified atom stereocenters. The first-order valence-electron chi connectivity index (χ1n) is 9.41. The van der Waals surface area contributed by atoms with E-state index in [0.29, 0.717) is 12.0 Å². The molecule has 3 aromatic heterocycles. The van der Waals surface area contributed by atoms with E-state index in [1.807, 2.05) is 36.4 Å². The van der Waals surface area contributed by atoms with Gasteiger partial charge < -0.3 is 10.1 Å². The van der Waals surface area contributed by atoms with E-state index in [9.17, 15) is 0 Å². The number of ether oxygens (including phenoxy) is 1. The molecule has 5 rings (SSSR count). The van der Waals surface area contributed by atoms with Gasteiger partial charge in [0.25, 0.3) is 5.95 Å². The minimum Gasteiger partial charge on any atom is -0.458 e. The van der Waals surface area contributed by atoms with Crippen LogP contribution in [0.2, 0.25) is 0 Å². The van der Waals surface area contributed by atoms with Gasteiger partial charge in [-0.2, -0.15) is 4.98 Å². The van der Waals surface area contributed by atoms with Gasteiger partial charge in [0.1, 0.15) is 17.9 Å². The van der Waals surface area contributed by atoms with Crippen LogP contribution in [0, 0.1) is 5.92 Å². The molecule has 1 aliphatic rings. The standard InChI is InChI=1S/C19H19BrN8O/c1-27-18(24-25-26-27)28-15-6-3-5-14(20)17(15)23-19(28)29-11-13-4-2-7-16(22-13)21-10-12-8-9-12/h2-7,12H,8-11H2,1H3,(H,21,22). The highest BCUT2D eigenvalue weighted by Crippen LogP contribution is 2.30. The summed E-state index contributed by atoms with van der Waals surface area (Å²) >= 11 is 3.56. The number of rotatable bonds is 7. The van der Waals surface area contributed by atoms with E-state index in [1.54, 1.807) is 16.3 Å². The summed E-state index contributed by atoms with van der Waals surface area (Å²) in [4.78, 5) is 9.30. The Morgan fingerprint density at radius 3 is 2.83 bits per heavy atom. The third kappa shape index (κ3) is 3.67. The Morgan fingerprint density at radius 2 is 2.03 bits per heavy atom. The van der Waals surface area contributed by atoms with Gasteiger partial charge in [-0.3, -0.25) is 0 Å². The van der Waals surface area contributed by atoms with Crippen LogP contribution in [0.3, 0.4) is 0 Å². The number of nitrogens with one attached hydrogen (secondary N) is 1. The highest BCUT2D eigenvalue weighted by atomic mass is 79.9. The van der Waals surface area contributed by atoms with E-state index in [0.717, 1.165) is 39.5 Å². The van der Waals surface area contributed by atoms with Gasteiger partial charge in [0.15, 0.2) is 0 Å². The summed E-state index contributed by atoms with van der Waals surface area (Å²) in [6, 6.07) is 12.1. The molecule has 1 aliphatic carbocycles. The SMILES string of the molecule is Cn1nnnc1-n1c(OCc2cccc(NCC3CC3)n2)nc2c(Br)cccc21. The van der Waals surface area contributed by atoms with Gasteiger partial charge in [0.2, 0.25) is 0 Å². The second kappa shape index (κ2) is 7.43. The second-order valence-corrected chi connectivity index (χ2v) is 7.92. The van der Waals surface area contributed by atoms with E-state index in [4.69, 9.17) is 4.74 Å². The van der Waals surface area contributed by atoms with E-state index < -0.39 is 0 Å². The predicted molar refractivity (Wildman–Crippen MR) is 111 cm³/mol. The number of anilines is 1. The summed E-state index contributed by atoms with van der Waals surface area (Å²) in [6.45, 7) is 1.26. The van der Waals surface area contributed by atoms with Gasteiger partial charge >= 0.3 is 6.01 Å². The van der Waals surface area contributed by atoms with E-state index in [-0.39, 0.29) is 6.61 Å². The molecular formula is C19H19BrN8O. The number of para-hydroxylation sites is 1. The van der Waals surface area contributed by atoms with Crippen molar-refractivity contribution in [3.05, 3.63) is 46.6 Å². The van der Waals surface area contributed by atoms with Crippen molar-refractivity contribution >= 4 is 32.8 Å². The molecule has 1 N–H and O–H groups in total. The number of nitrogens with zero attached hydrogens (tertiary/aromatic N) is 7. The average Bonchev–Trinajstić information content (AvgIpc) is 3.35. The minimum atomic E-state index is 0.283. The lowest BCUT2D eigenvalue weighted by Crippen LogP contribution is -2.09. The number of fused-ring (bicyclic) bond motifs is 1. The van der Waals surface area contributed by atoms with Crippen molar-refractivity contribution in [2.75, 3.05) is 11.9 Å². The smallest absolute Gasteiger partial charge is 0.305 e. The summed E-state index contributed by atoms with van der Waals surface area (Å²) < 4.78 is 10.3.